The Kier molecular flexibility index (Phi) is 20.3. The molecular weight excluding hydrogens is 863 g/mol. The second-order valence-corrected chi connectivity index (χ2v) is 19.6. The fourth-order valence-corrected chi connectivity index (χ4v) is 10.5. The average molecular weight is 940 g/mol. The molecule has 2 N–H and O–H groups in total. The number of amides is 1. The highest BCUT2D eigenvalue weighted by Gasteiger charge is 2.56. The van der Waals surface area contributed by atoms with Gasteiger partial charge in [0.25, 0.3) is 11.7 Å². The van der Waals surface area contributed by atoms with Crippen LogP contribution in [0.3, 0.4) is 0 Å². The lowest BCUT2D eigenvalue weighted by atomic mass is 9.81. The molecule has 0 spiro atoms. The number of allylic oxidation sites excluding steroid dienone is 3. The molecule has 3 heterocycles. The number of piperidine rings is 1. The van der Waals surface area contributed by atoms with Crippen LogP contribution in [0.2, 0.25) is 0 Å². The van der Waals surface area contributed by atoms with Crippen LogP contribution in [0.1, 0.15) is 118 Å². The zero-order valence-electron chi connectivity index (χ0n) is 41.2. The van der Waals surface area contributed by atoms with Gasteiger partial charge in [-0.3, -0.25) is 14.4 Å². The van der Waals surface area contributed by atoms with Gasteiger partial charge in [0.2, 0.25) is 5.79 Å². The molecule has 5 rings (SSSR count). The lowest BCUT2D eigenvalue weighted by Crippen LogP contribution is -2.64. The SMILES string of the molecule is CC[C@@H]1/C=C(\C)C[C@H](C)C[C@H](OC)[C@H]2O[C@@](O)(C(=O)C(=O)N3CCCCC3C(=O)O[C@H](/C(C)=C/C3CC[C@@H](OCC(=O)OCc4ccccc4)[C@H](OC)C3)[C@H](C)[C@@H](O)CC1=O)[C@H](C)C[C@@H]2OC. The van der Waals surface area contributed by atoms with Gasteiger partial charge in [-0.2, -0.15) is 0 Å². The van der Waals surface area contributed by atoms with Gasteiger partial charge in [-0.1, -0.05) is 75.8 Å². The maximum Gasteiger partial charge on any atom is 0.332 e. The summed E-state index contributed by atoms with van der Waals surface area (Å²) >= 11 is 0. The van der Waals surface area contributed by atoms with E-state index in [0.29, 0.717) is 56.9 Å². The van der Waals surface area contributed by atoms with E-state index in [1.165, 1.54) is 19.1 Å². The van der Waals surface area contributed by atoms with Crippen molar-refractivity contribution in [3.8, 4) is 0 Å². The fourth-order valence-electron chi connectivity index (χ4n) is 10.5. The molecule has 1 amide bonds. The van der Waals surface area contributed by atoms with Crippen molar-refractivity contribution in [1.82, 2.24) is 4.90 Å². The molecule has 0 aromatic heterocycles. The van der Waals surface area contributed by atoms with Crippen LogP contribution in [0, 0.1) is 29.6 Å². The fraction of sp³-hybridized carbons (Fsp3) is 0.712. The topological polar surface area (TPSA) is 194 Å². The van der Waals surface area contributed by atoms with Gasteiger partial charge < -0.3 is 48.3 Å². The van der Waals surface area contributed by atoms with Gasteiger partial charge in [-0.05, 0) is 101 Å². The monoisotopic (exact) mass is 940 g/mol. The van der Waals surface area contributed by atoms with Crippen molar-refractivity contribution in [3.05, 3.63) is 59.2 Å². The van der Waals surface area contributed by atoms with E-state index in [2.05, 4.69) is 0 Å². The number of Topliss-reactive ketones (excluding diaryl/α,β-unsaturated/α-hetero) is 2. The summed E-state index contributed by atoms with van der Waals surface area (Å²) in [5.41, 5.74) is 2.49. The van der Waals surface area contributed by atoms with Crippen LogP contribution in [-0.2, 0) is 63.7 Å². The number of carbonyl (C=O) groups excluding carboxylic acids is 5. The minimum absolute atomic E-state index is 0.0166. The Bertz CT molecular complexity index is 1890. The van der Waals surface area contributed by atoms with Gasteiger partial charge in [0.1, 0.15) is 37.2 Å². The van der Waals surface area contributed by atoms with Crippen LogP contribution >= 0.6 is 0 Å². The average Bonchev–Trinajstić information content (AvgIpc) is 3.32. The Morgan fingerprint density at radius 1 is 0.896 bits per heavy atom. The Morgan fingerprint density at radius 2 is 1.58 bits per heavy atom. The highest BCUT2D eigenvalue weighted by Crippen LogP contribution is 2.39. The summed E-state index contributed by atoms with van der Waals surface area (Å²) in [4.78, 5) is 70.9. The van der Waals surface area contributed by atoms with Crippen LogP contribution in [0.25, 0.3) is 0 Å². The van der Waals surface area contributed by atoms with Gasteiger partial charge >= 0.3 is 11.9 Å². The molecule has 1 aromatic carbocycles. The number of ketones is 2. The molecular formula is C52H77NO14. The van der Waals surface area contributed by atoms with Crippen molar-refractivity contribution in [2.24, 2.45) is 29.6 Å². The number of esters is 2. The van der Waals surface area contributed by atoms with Crippen LogP contribution in [-0.4, -0.2) is 134 Å². The van der Waals surface area contributed by atoms with Gasteiger partial charge in [0.05, 0.1) is 30.5 Å². The van der Waals surface area contributed by atoms with E-state index in [9.17, 15) is 34.2 Å². The molecule has 14 atom stereocenters. The van der Waals surface area contributed by atoms with Crippen molar-refractivity contribution >= 4 is 29.4 Å². The number of nitrogens with zero attached hydrogens (tertiary/aromatic N) is 1. The molecule has 1 saturated carbocycles. The third-order valence-electron chi connectivity index (χ3n) is 14.5. The second-order valence-electron chi connectivity index (χ2n) is 19.6. The summed E-state index contributed by atoms with van der Waals surface area (Å²) in [7, 11) is 4.65. The number of hydrogen-bond acceptors (Lipinski definition) is 14. The molecule has 374 valence electrons. The maximum atomic E-state index is 14.5. The molecule has 15 heteroatoms. The quantitative estimate of drug-likeness (QED) is 0.144. The molecule has 2 saturated heterocycles. The van der Waals surface area contributed by atoms with E-state index in [1.807, 2.05) is 70.2 Å². The van der Waals surface area contributed by atoms with Crippen molar-refractivity contribution in [2.75, 3.05) is 34.5 Å². The van der Waals surface area contributed by atoms with Gasteiger partial charge in [0, 0.05) is 52.0 Å². The number of hydrogen-bond donors (Lipinski definition) is 2. The summed E-state index contributed by atoms with van der Waals surface area (Å²) in [6, 6.07) is 8.23. The van der Waals surface area contributed by atoms with E-state index < -0.39 is 83.7 Å². The highest BCUT2D eigenvalue weighted by atomic mass is 16.7. The van der Waals surface area contributed by atoms with Crippen LogP contribution < -0.4 is 0 Å². The molecule has 1 aliphatic carbocycles. The van der Waals surface area contributed by atoms with E-state index in [4.69, 9.17) is 33.2 Å². The first-order valence-corrected chi connectivity index (χ1v) is 24.4. The van der Waals surface area contributed by atoms with Crippen LogP contribution in [0.15, 0.2) is 53.6 Å². The second kappa shape index (κ2) is 25.2. The zero-order chi connectivity index (χ0) is 49.0. The van der Waals surface area contributed by atoms with E-state index in [0.717, 1.165) is 11.1 Å². The highest BCUT2D eigenvalue weighted by molar-refractivity contribution is 6.39. The normalized spacial score (nSPS) is 36.5. The third kappa shape index (κ3) is 13.9. The largest absolute Gasteiger partial charge is 0.459 e. The number of rotatable bonds is 11. The van der Waals surface area contributed by atoms with Crippen LogP contribution in [0.4, 0.5) is 0 Å². The number of cyclic esters (lactones) is 1. The predicted molar refractivity (Wildman–Crippen MR) is 248 cm³/mol. The lowest BCUT2D eigenvalue weighted by molar-refractivity contribution is -0.302. The van der Waals surface area contributed by atoms with E-state index >= 15 is 0 Å². The van der Waals surface area contributed by atoms with Gasteiger partial charge in [-0.15, -0.1) is 0 Å². The summed E-state index contributed by atoms with van der Waals surface area (Å²) in [5.74, 6) is -8.25. The summed E-state index contributed by atoms with van der Waals surface area (Å²) in [6.07, 6.45) is 3.62. The number of aliphatic hydroxyl groups is 2. The number of fused-ring (bicyclic) bond motifs is 3. The number of ether oxygens (including phenoxy) is 7. The first-order valence-electron chi connectivity index (χ1n) is 24.4. The Balaban J connectivity index is 1.42. The summed E-state index contributed by atoms with van der Waals surface area (Å²) < 4.78 is 41.7. The van der Waals surface area contributed by atoms with Crippen molar-refractivity contribution in [1.29, 1.82) is 0 Å². The minimum Gasteiger partial charge on any atom is -0.459 e. The molecule has 1 aromatic rings. The molecule has 2 unspecified atom stereocenters. The van der Waals surface area contributed by atoms with Crippen molar-refractivity contribution in [2.45, 2.75) is 173 Å². The van der Waals surface area contributed by atoms with Crippen molar-refractivity contribution < 1.29 is 67.3 Å². The number of methoxy groups -OCH3 is 3. The number of aliphatic hydroxyl groups excluding tert-OH is 1. The molecule has 2 bridgehead atoms. The number of benzene rings is 1. The molecule has 15 nitrogen and oxygen atoms in total. The van der Waals surface area contributed by atoms with E-state index in [1.54, 1.807) is 21.0 Å². The maximum absolute atomic E-state index is 14.5. The van der Waals surface area contributed by atoms with Gasteiger partial charge in [0.15, 0.2) is 0 Å². The molecule has 3 fully saturated rings. The summed E-state index contributed by atoms with van der Waals surface area (Å²) in [5, 5.41) is 23.9. The predicted octanol–water partition coefficient (Wildman–Crippen LogP) is 6.24. The van der Waals surface area contributed by atoms with Gasteiger partial charge in [-0.25, -0.2) is 9.59 Å². The molecule has 0 radical (unpaired) electrons. The zero-order valence-corrected chi connectivity index (χ0v) is 41.2. The standard InChI is InChI=1S/C52H77NO14/c1-10-38-23-31(2)22-32(3)24-44(62-8)48-45(63-9)26-34(5)52(60,67-48)49(57)50(58)53-21-15-14-18-39(53)51(59)66-47(35(6)40(54)28-41(38)55)33(4)25-37-19-20-42(43(27-37)61-7)64-30-46(56)65-29-36-16-12-11-13-17-36/h11-13,16-17,23,25,32,34-35,37-40,42-45,47-48,54,60H,10,14-15,18-22,24,26-30H2,1-9H3/b31-23+,33-25+/t32-,34+,35+,37?,38+,39?,40-,42+,43+,44-,45-,47+,48+,52+/m0/s1. The molecule has 67 heavy (non-hydrogen) atoms. The first-order chi connectivity index (χ1) is 31.9. The first kappa shape index (κ1) is 54.1. The number of carbonyl (C=O) groups is 5. The molecule has 3 aliphatic heterocycles. The van der Waals surface area contributed by atoms with Crippen molar-refractivity contribution in [3.63, 3.8) is 0 Å². The Morgan fingerprint density at radius 3 is 2.25 bits per heavy atom. The van der Waals surface area contributed by atoms with Crippen LogP contribution in [0.5, 0.6) is 0 Å². The summed E-state index contributed by atoms with van der Waals surface area (Å²) in [6.45, 7) is 11.1. The smallest absolute Gasteiger partial charge is 0.332 e. The lowest BCUT2D eigenvalue weighted by Gasteiger charge is -2.47. The third-order valence-corrected chi connectivity index (χ3v) is 14.5. The Labute approximate surface area is 397 Å². The Hall–Kier alpha value is -3.83. The van der Waals surface area contributed by atoms with E-state index in [-0.39, 0.29) is 68.8 Å². The molecule has 4 aliphatic rings. The minimum atomic E-state index is -2.53.